The lowest BCUT2D eigenvalue weighted by Gasteiger charge is -2.29. The molecule has 0 saturated carbocycles. The second-order valence-corrected chi connectivity index (χ2v) is 17.2. The van der Waals surface area contributed by atoms with Crippen molar-refractivity contribution >= 4 is 48.6 Å². The van der Waals surface area contributed by atoms with Gasteiger partial charge in [0.25, 0.3) is 0 Å². The minimum Gasteiger partial charge on any atom is -0.310 e. The van der Waals surface area contributed by atoms with Crippen molar-refractivity contribution in [1.82, 2.24) is 0 Å². The van der Waals surface area contributed by atoms with Crippen LogP contribution in [-0.4, -0.2) is 0 Å². The summed E-state index contributed by atoms with van der Waals surface area (Å²) in [4.78, 5) is 2.45. The van der Waals surface area contributed by atoms with Crippen LogP contribution in [0.25, 0.3) is 75.8 Å². The van der Waals surface area contributed by atoms with Crippen LogP contribution in [0.4, 0.5) is 17.1 Å². The van der Waals surface area contributed by atoms with Crippen LogP contribution in [0.15, 0.2) is 212 Å². The van der Waals surface area contributed by atoms with E-state index in [2.05, 4.69) is 231 Å². The van der Waals surface area contributed by atoms with Gasteiger partial charge in [-0.05, 0) is 115 Å². The van der Waals surface area contributed by atoms with E-state index in [0.29, 0.717) is 0 Å². The zero-order valence-electron chi connectivity index (χ0n) is 33.1. The van der Waals surface area contributed by atoms with Crippen LogP contribution in [-0.2, 0) is 5.41 Å². The number of hydrogen-bond donors (Lipinski definition) is 0. The highest BCUT2D eigenvalue weighted by Gasteiger charge is 2.35. The Bertz CT molecular complexity index is 3190. The van der Waals surface area contributed by atoms with Gasteiger partial charge in [0.1, 0.15) is 0 Å². The molecule has 0 saturated heterocycles. The van der Waals surface area contributed by atoms with Crippen molar-refractivity contribution < 1.29 is 0 Å². The molecule has 0 spiro atoms. The number of anilines is 3. The minimum atomic E-state index is -0.124. The molecule has 11 rings (SSSR count). The molecule has 59 heavy (non-hydrogen) atoms. The fourth-order valence-corrected chi connectivity index (χ4v) is 10.6. The van der Waals surface area contributed by atoms with Crippen LogP contribution >= 0.6 is 11.3 Å². The lowest BCUT2D eigenvalue weighted by atomic mass is 9.82. The van der Waals surface area contributed by atoms with Crippen LogP contribution in [0.3, 0.4) is 0 Å². The fraction of sp³-hybridized carbons (Fsp3) is 0.0526. The molecule has 0 fully saturated rings. The van der Waals surface area contributed by atoms with E-state index in [-0.39, 0.29) is 5.41 Å². The van der Waals surface area contributed by atoms with E-state index < -0.39 is 0 Å². The predicted octanol–water partition coefficient (Wildman–Crippen LogP) is 16.5. The molecule has 0 N–H and O–H groups in total. The lowest BCUT2D eigenvalue weighted by Crippen LogP contribution is -2.16. The summed E-state index contributed by atoms with van der Waals surface area (Å²) in [6.45, 7) is 4.73. The Kier molecular flexibility index (Phi) is 8.43. The van der Waals surface area contributed by atoms with E-state index in [4.69, 9.17) is 0 Å². The summed E-state index contributed by atoms with van der Waals surface area (Å²) in [5, 5.41) is 2.61. The van der Waals surface area contributed by atoms with Gasteiger partial charge < -0.3 is 4.90 Å². The molecular formula is C57H41NS. The first-order chi connectivity index (χ1) is 29.0. The molecule has 2 heteroatoms. The lowest BCUT2D eigenvalue weighted by molar-refractivity contribution is 0.660. The minimum absolute atomic E-state index is 0.124. The molecule has 0 atom stereocenters. The third kappa shape index (κ3) is 5.91. The number of nitrogens with zero attached hydrogens (tertiary/aromatic N) is 1. The van der Waals surface area contributed by atoms with Crippen molar-refractivity contribution in [3.63, 3.8) is 0 Å². The van der Waals surface area contributed by atoms with Crippen LogP contribution in [0.1, 0.15) is 25.0 Å². The first kappa shape index (κ1) is 35.2. The third-order valence-electron chi connectivity index (χ3n) is 12.3. The zero-order chi connectivity index (χ0) is 39.5. The largest absolute Gasteiger partial charge is 0.310 e. The topological polar surface area (TPSA) is 3.24 Å². The first-order valence-corrected chi connectivity index (χ1v) is 21.2. The number of thiophene rings is 1. The normalized spacial score (nSPS) is 12.7. The summed E-state index contributed by atoms with van der Waals surface area (Å²) in [6.07, 6.45) is 0. The van der Waals surface area contributed by atoms with E-state index in [0.717, 1.165) is 17.1 Å². The van der Waals surface area contributed by atoms with E-state index in [1.807, 2.05) is 11.3 Å². The van der Waals surface area contributed by atoms with Crippen molar-refractivity contribution in [2.75, 3.05) is 4.90 Å². The number of rotatable bonds is 7. The summed E-state index contributed by atoms with van der Waals surface area (Å²) in [7, 11) is 0. The fourth-order valence-electron chi connectivity index (χ4n) is 9.45. The van der Waals surface area contributed by atoms with Crippen LogP contribution in [0, 0.1) is 0 Å². The van der Waals surface area contributed by atoms with Gasteiger partial charge in [0.15, 0.2) is 0 Å². The van der Waals surface area contributed by atoms with Gasteiger partial charge in [0, 0.05) is 42.6 Å². The Hall–Kier alpha value is -7.00. The molecule has 1 aliphatic rings. The highest BCUT2D eigenvalue weighted by molar-refractivity contribution is 7.26. The molecule has 10 aromatic rings. The van der Waals surface area contributed by atoms with Crippen LogP contribution in [0.2, 0.25) is 0 Å². The summed E-state index contributed by atoms with van der Waals surface area (Å²) < 4.78 is 2.60. The standard InChI is InChI=1S/C57H41NS/c1-57(2)51-29-13-11-26-47(51)48-32-31-44(37-52(48)57)58(42-23-15-21-40(35-42)38-17-5-3-6-18-38)43-24-16-22-41(36-43)46-33-34-54-56(50-28-12-14-30-53(50)59-54)55(46)49-27-10-9-25-45(49)39-19-7-4-8-20-39/h3-37H,1-2H3. The molecule has 9 aromatic carbocycles. The predicted molar refractivity (Wildman–Crippen MR) is 253 cm³/mol. The van der Waals surface area contributed by atoms with Crippen LogP contribution in [0.5, 0.6) is 0 Å². The summed E-state index contributed by atoms with van der Waals surface area (Å²) in [5.41, 5.74) is 18.4. The van der Waals surface area contributed by atoms with Crippen molar-refractivity contribution in [2.45, 2.75) is 19.3 Å². The first-order valence-electron chi connectivity index (χ1n) is 20.4. The van der Waals surface area contributed by atoms with Crippen molar-refractivity contribution in [3.8, 4) is 55.6 Å². The number of fused-ring (bicyclic) bond motifs is 6. The monoisotopic (exact) mass is 771 g/mol. The molecule has 1 aromatic heterocycles. The van der Waals surface area contributed by atoms with E-state index in [9.17, 15) is 0 Å². The molecule has 0 aliphatic heterocycles. The van der Waals surface area contributed by atoms with E-state index in [1.165, 1.54) is 86.9 Å². The molecule has 1 heterocycles. The van der Waals surface area contributed by atoms with Gasteiger partial charge >= 0.3 is 0 Å². The maximum absolute atomic E-state index is 2.45. The van der Waals surface area contributed by atoms with Gasteiger partial charge in [-0.15, -0.1) is 11.3 Å². The Morgan fingerprint density at radius 1 is 0.356 bits per heavy atom. The second-order valence-electron chi connectivity index (χ2n) is 16.1. The van der Waals surface area contributed by atoms with Crippen molar-refractivity contribution in [3.05, 3.63) is 223 Å². The third-order valence-corrected chi connectivity index (χ3v) is 13.4. The maximum atomic E-state index is 2.45. The Morgan fingerprint density at radius 3 is 1.69 bits per heavy atom. The van der Waals surface area contributed by atoms with Gasteiger partial charge in [-0.25, -0.2) is 0 Å². The summed E-state index contributed by atoms with van der Waals surface area (Å²) in [6, 6.07) is 78.1. The Labute approximate surface area is 350 Å². The Balaban J connectivity index is 1.14. The maximum Gasteiger partial charge on any atom is 0.0467 e. The Morgan fingerprint density at radius 2 is 0.915 bits per heavy atom. The second kappa shape index (κ2) is 14.1. The van der Waals surface area contributed by atoms with Gasteiger partial charge in [-0.2, -0.15) is 0 Å². The van der Waals surface area contributed by atoms with Gasteiger partial charge in [0.05, 0.1) is 0 Å². The highest BCUT2D eigenvalue weighted by Crippen LogP contribution is 2.52. The average molecular weight is 772 g/mol. The molecule has 1 aliphatic carbocycles. The van der Waals surface area contributed by atoms with Gasteiger partial charge in [0.2, 0.25) is 0 Å². The number of benzene rings is 9. The number of hydrogen-bond acceptors (Lipinski definition) is 2. The van der Waals surface area contributed by atoms with Crippen molar-refractivity contribution in [2.24, 2.45) is 0 Å². The summed E-state index contributed by atoms with van der Waals surface area (Å²) >= 11 is 1.87. The highest BCUT2D eigenvalue weighted by atomic mass is 32.1. The van der Waals surface area contributed by atoms with Gasteiger partial charge in [-0.3, -0.25) is 0 Å². The van der Waals surface area contributed by atoms with E-state index in [1.54, 1.807) is 0 Å². The van der Waals surface area contributed by atoms with Crippen LogP contribution < -0.4 is 4.90 Å². The molecule has 0 amide bonds. The summed E-state index contributed by atoms with van der Waals surface area (Å²) in [5.74, 6) is 0. The van der Waals surface area contributed by atoms with E-state index >= 15 is 0 Å². The molecular weight excluding hydrogens is 731 g/mol. The molecule has 280 valence electrons. The zero-order valence-corrected chi connectivity index (χ0v) is 33.9. The molecule has 0 radical (unpaired) electrons. The van der Waals surface area contributed by atoms with Crippen molar-refractivity contribution in [1.29, 1.82) is 0 Å². The SMILES string of the molecule is CC1(C)c2ccccc2-c2ccc(N(c3cccc(-c4ccccc4)c3)c3cccc(-c4ccc5sc6ccccc6c5c4-c4ccccc4-c4ccccc4)c3)cc21. The average Bonchev–Trinajstić information content (AvgIpc) is 3.79. The molecule has 1 nitrogen and oxygen atoms in total. The smallest absolute Gasteiger partial charge is 0.0467 e. The quantitative estimate of drug-likeness (QED) is 0.156. The molecule has 0 bridgehead atoms. The molecule has 0 unspecified atom stereocenters. The van der Waals surface area contributed by atoms with Gasteiger partial charge in [-0.1, -0.05) is 178 Å².